The number of nitrogens with zero attached hydrogens (tertiary/aromatic N) is 5. The first-order valence-corrected chi connectivity index (χ1v) is 10.2. The van der Waals surface area contributed by atoms with Crippen molar-refractivity contribution in [3.8, 4) is 10.6 Å². The second kappa shape index (κ2) is 8.48. The van der Waals surface area contributed by atoms with Crippen LogP contribution in [0.2, 0.25) is 0 Å². The third-order valence-corrected chi connectivity index (χ3v) is 5.74. The molecule has 0 spiro atoms. The zero-order valence-electron chi connectivity index (χ0n) is 15.7. The standard InChI is InChI=1S/C19H21N7O2S/c20-23-15(8-21-14-10-26(11-14)19(28)13-6-7-13)17(27)22-9-16-24-25-18(29-16)12-4-2-1-3-5-12/h1-5,8,13-14H,6-7,9-11,20H2,(H,22,27)/b21-8?,23-15+. The maximum atomic E-state index is 12.3. The lowest BCUT2D eigenvalue weighted by Gasteiger charge is -2.37. The Kier molecular flexibility index (Phi) is 5.61. The van der Waals surface area contributed by atoms with Crippen LogP contribution in [0.1, 0.15) is 17.8 Å². The zero-order chi connectivity index (χ0) is 20.2. The first-order chi connectivity index (χ1) is 14.1. The van der Waals surface area contributed by atoms with Gasteiger partial charge in [-0.1, -0.05) is 41.7 Å². The van der Waals surface area contributed by atoms with Gasteiger partial charge in [0.25, 0.3) is 5.91 Å². The van der Waals surface area contributed by atoms with Crippen LogP contribution in [0.15, 0.2) is 40.4 Å². The highest BCUT2D eigenvalue weighted by Crippen LogP contribution is 2.32. The van der Waals surface area contributed by atoms with Crippen molar-refractivity contribution in [2.75, 3.05) is 13.1 Å². The van der Waals surface area contributed by atoms with Crippen molar-refractivity contribution in [2.24, 2.45) is 21.9 Å². The zero-order valence-corrected chi connectivity index (χ0v) is 16.5. The first-order valence-electron chi connectivity index (χ1n) is 9.40. The van der Waals surface area contributed by atoms with Crippen LogP contribution in [0.3, 0.4) is 0 Å². The summed E-state index contributed by atoms with van der Waals surface area (Å²) < 4.78 is 0. The monoisotopic (exact) mass is 411 g/mol. The van der Waals surface area contributed by atoms with Gasteiger partial charge in [-0.25, -0.2) is 0 Å². The van der Waals surface area contributed by atoms with E-state index in [4.69, 9.17) is 5.84 Å². The van der Waals surface area contributed by atoms with Crippen LogP contribution in [0.4, 0.5) is 0 Å². The molecule has 2 heterocycles. The SMILES string of the molecule is N/N=C(\C=NC1CN(C(=O)C2CC2)C1)C(=O)NCc1nnc(-c2ccccc2)s1. The first kappa shape index (κ1) is 19.2. The number of benzene rings is 1. The fourth-order valence-electron chi connectivity index (χ4n) is 2.91. The van der Waals surface area contributed by atoms with Gasteiger partial charge < -0.3 is 16.1 Å². The van der Waals surface area contributed by atoms with Crippen LogP contribution in [-0.4, -0.2) is 58.0 Å². The summed E-state index contributed by atoms with van der Waals surface area (Å²) in [5.74, 6) is 5.34. The normalized spacial score (nSPS) is 17.4. The molecule has 1 aliphatic heterocycles. The molecule has 0 radical (unpaired) electrons. The number of amides is 2. The minimum atomic E-state index is -0.432. The van der Waals surface area contributed by atoms with Gasteiger partial charge in [0.1, 0.15) is 10.0 Å². The van der Waals surface area contributed by atoms with E-state index in [9.17, 15) is 9.59 Å². The minimum absolute atomic E-state index is 0.0150. The highest BCUT2D eigenvalue weighted by Gasteiger charge is 2.38. The van der Waals surface area contributed by atoms with Gasteiger partial charge in [0.15, 0.2) is 5.71 Å². The quantitative estimate of drug-likeness (QED) is 0.396. The minimum Gasteiger partial charge on any atom is -0.344 e. The summed E-state index contributed by atoms with van der Waals surface area (Å²) in [4.78, 5) is 30.3. The molecule has 0 bridgehead atoms. The molecule has 1 aromatic carbocycles. The van der Waals surface area contributed by atoms with Crippen molar-refractivity contribution in [1.29, 1.82) is 0 Å². The van der Waals surface area contributed by atoms with Gasteiger partial charge in [0.2, 0.25) is 5.91 Å². The molecule has 150 valence electrons. The van der Waals surface area contributed by atoms with Gasteiger partial charge in [-0.05, 0) is 12.8 Å². The van der Waals surface area contributed by atoms with Gasteiger partial charge in [-0.15, -0.1) is 10.2 Å². The van der Waals surface area contributed by atoms with Crippen LogP contribution in [0.25, 0.3) is 10.6 Å². The number of carbonyl (C=O) groups excluding carboxylic acids is 2. The van der Waals surface area contributed by atoms with Gasteiger partial charge in [-0.3, -0.25) is 14.6 Å². The summed E-state index contributed by atoms with van der Waals surface area (Å²) >= 11 is 1.41. The number of nitrogens with two attached hydrogens (primary N) is 1. The summed E-state index contributed by atoms with van der Waals surface area (Å²) in [6, 6.07) is 9.71. The lowest BCUT2D eigenvalue weighted by Crippen LogP contribution is -2.53. The number of aliphatic imine (C=N–C) groups is 1. The van der Waals surface area contributed by atoms with Gasteiger partial charge in [0, 0.05) is 24.6 Å². The Balaban J connectivity index is 1.25. The molecule has 10 heteroatoms. The Morgan fingerprint density at radius 1 is 1.24 bits per heavy atom. The molecule has 1 saturated carbocycles. The lowest BCUT2D eigenvalue weighted by molar-refractivity contribution is -0.136. The molecule has 0 atom stereocenters. The average molecular weight is 411 g/mol. The fourth-order valence-corrected chi connectivity index (χ4v) is 3.70. The maximum absolute atomic E-state index is 12.3. The average Bonchev–Trinajstić information content (AvgIpc) is 3.46. The van der Waals surface area contributed by atoms with Crippen LogP contribution >= 0.6 is 11.3 Å². The van der Waals surface area contributed by atoms with Gasteiger partial charge >= 0.3 is 0 Å². The van der Waals surface area contributed by atoms with E-state index >= 15 is 0 Å². The summed E-state index contributed by atoms with van der Waals surface area (Å²) in [6.45, 7) is 1.39. The second-order valence-corrected chi connectivity index (χ2v) is 8.08. The third kappa shape index (κ3) is 4.65. The summed E-state index contributed by atoms with van der Waals surface area (Å²) in [5, 5.41) is 16.0. The van der Waals surface area contributed by atoms with Crippen molar-refractivity contribution < 1.29 is 9.59 Å². The van der Waals surface area contributed by atoms with E-state index in [0.717, 1.165) is 23.4 Å². The number of hydrogen-bond donors (Lipinski definition) is 2. The summed E-state index contributed by atoms with van der Waals surface area (Å²) in [6.07, 6.45) is 3.36. The number of likely N-dealkylation sites (tertiary alicyclic amines) is 1. The molecule has 0 unspecified atom stereocenters. The van der Waals surface area contributed by atoms with Crippen molar-refractivity contribution in [3.05, 3.63) is 35.3 Å². The predicted octanol–water partition coefficient (Wildman–Crippen LogP) is 0.828. The third-order valence-electron chi connectivity index (χ3n) is 4.77. The van der Waals surface area contributed by atoms with Crippen molar-refractivity contribution >= 4 is 35.1 Å². The van der Waals surface area contributed by atoms with Crippen LogP contribution in [0, 0.1) is 5.92 Å². The van der Waals surface area contributed by atoms with E-state index in [0.29, 0.717) is 18.1 Å². The van der Waals surface area contributed by atoms with E-state index in [2.05, 4.69) is 25.6 Å². The van der Waals surface area contributed by atoms with Crippen LogP contribution in [0.5, 0.6) is 0 Å². The molecular weight excluding hydrogens is 390 g/mol. The predicted molar refractivity (Wildman–Crippen MR) is 110 cm³/mol. The molecule has 2 aliphatic rings. The highest BCUT2D eigenvalue weighted by molar-refractivity contribution is 7.14. The molecule has 2 amide bonds. The van der Waals surface area contributed by atoms with E-state index in [-0.39, 0.29) is 30.1 Å². The van der Waals surface area contributed by atoms with E-state index in [1.807, 2.05) is 30.3 Å². The molecule has 2 aromatic rings. The fraction of sp³-hybridized carbons (Fsp3) is 0.368. The van der Waals surface area contributed by atoms with Crippen LogP contribution < -0.4 is 11.2 Å². The number of rotatable bonds is 7. The maximum Gasteiger partial charge on any atom is 0.273 e. The van der Waals surface area contributed by atoms with E-state index in [1.165, 1.54) is 17.6 Å². The molecule has 9 nitrogen and oxygen atoms in total. The lowest BCUT2D eigenvalue weighted by atomic mass is 10.1. The van der Waals surface area contributed by atoms with Crippen LogP contribution in [-0.2, 0) is 16.1 Å². The van der Waals surface area contributed by atoms with Crippen molar-refractivity contribution in [2.45, 2.75) is 25.4 Å². The molecule has 1 aliphatic carbocycles. The second-order valence-electron chi connectivity index (χ2n) is 7.01. The summed E-state index contributed by atoms with van der Waals surface area (Å²) in [7, 11) is 0. The largest absolute Gasteiger partial charge is 0.344 e. The van der Waals surface area contributed by atoms with Gasteiger partial charge in [-0.2, -0.15) is 5.10 Å². The summed E-state index contributed by atoms with van der Waals surface area (Å²) in [5.41, 5.74) is 1.01. The van der Waals surface area contributed by atoms with E-state index in [1.54, 1.807) is 4.90 Å². The Labute approximate surface area is 171 Å². The van der Waals surface area contributed by atoms with Crippen molar-refractivity contribution in [3.63, 3.8) is 0 Å². The number of nitrogens with one attached hydrogen (secondary N) is 1. The molecule has 2 fully saturated rings. The molecular formula is C19H21N7O2S. The van der Waals surface area contributed by atoms with E-state index < -0.39 is 5.91 Å². The Hall–Kier alpha value is -3.14. The number of aromatic nitrogens is 2. The molecule has 4 rings (SSSR count). The number of hydrazone groups is 1. The molecule has 1 saturated heterocycles. The van der Waals surface area contributed by atoms with Crippen molar-refractivity contribution in [1.82, 2.24) is 20.4 Å². The number of carbonyl (C=O) groups is 2. The molecule has 3 N–H and O–H groups in total. The molecule has 29 heavy (non-hydrogen) atoms. The smallest absolute Gasteiger partial charge is 0.273 e. The highest BCUT2D eigenvalue weighted by atomic mass is 32.1. The Bertz CT molecular complexity index is 946. The topological polar surface area (TPSA) is 126 Å². The number of hydrogen-bond acceptors (Lipinski definition) is 8. The molecule has 1 aromatic heterocycles. The Morgan fingerprint density at radius 2 is 2.00 bits per heavy atom. The van der Waals surface area contributed by atoms with Gasteiger partial charge in [0.05, 0.1) is 18.8 Å². The Morgan fingerprint density at radius 3 is 2.69 bits per heavy atom.